The number of hydrogen-bond donors (Lipinski definition) is 2. The van der Waals surface area contributed by atoms with Gasteiger partial charge < -0.3 is 10.2 Å². The van der Waals surface area contributed by atoms with E-state index in [4.69, 9.17) is 10.2 Å². The lowest BCUT2D eigenvalue weighted by Gasteiger charge is -2.02. The SMILES string of the molecule is CCCC/C=C/CC(O)CC(=O)O. The average Bonchev–Trinajstić information content (AvgIpc) is 2.02. The Bertz CT molecular complexity index is 164. The van der Waals surface area contributed by atoms with E-state index < -0.39 is 12.1 Å². The average molecular weight is 186 g/mol. The Labute approximate surface area is 79.1 Å². The second-order valence-electron chi connectivity index (χ2n) is 3.10. The Morgan fingerprint density at radius 2 is 2.15 bits per heavy atom. The van der Waals surface area contributed by atoms with E-state index in [1.807, 2.05) is 12.2 Å². The largest absolute Gasteiger partial charge is 0.481 e. The summed E-state index contributed by atoms with van der Waals surface area (Å²) in [6.45, 7) is 2.12. The zero-order chi connectivity index (χ0) is 10.1. The van der Waals surface area contributed by atoms with Crippen LogP contribution in [-0.4, -0.2) is 22.3 Å². The summed E-state index contributed by atoms with van der Waals surface area (Å²) < 4.78 is 0. The third-order valence-electron chi connectivity index (χ3n) is 1.71. The van der Waals surface area contributed by atoms with E-state index in [-0.39, 0.29) is 6.42 Å². The number of aliphatic hydroxyl groups excluding tert-OH is 1. The molecule has 0 aliphatic rings. The highest BCUT2D eigenvalue weighted by Crippen LogP contribution is 2.01. The molecule has 0 rings (SSSR count). The van der Waals surface area contributed by atoms with Crippen molar-refractivity contribution in [2.24, 2.45) is 0 Å². The van der Waals surface area contributed by atoms with E-state index in [2.05, 4.69) is 6.92 Å². The number of unbranched alkanes of at least 4 members (excludes halogenated alkanes) is 2. The van der Waals surface area contributed by atoms with Crippen molar-refractivity contribution >= 4 is 5.97 Å². The molecule has 0 heterocycles. The standard InChI is InChI=1S/C10H18O3/c1-2-3-4-5-6-7-9(11)8-10(12)13/h5-6,9,11H,2-4,7-8H2,1H3,(H,12,13)/b6-5+. The number of carbonyl (C=O) groups is 1. The van der Waals surface area contributed by atoms with Gasteiger partial charge in [0, 0.05) is 0 Å². The van der Waals surface area contributed by atoms with E-state index in [1.54, 1.807) is 0 Å². The molecule has 0 bridgehead atoms. The van der Waals surface area contributed by atoms with Crippen LogP contribution in [0.25, 0.3) is 0 Å². The summed E-state index contributed by atoms with van der Waals surface area (Å²) in [4.78, 5) is 10.2. The topological polar surface area (TPSA) is 57.5 Å². The minimum Gasteiger partial charge on any atom is -0.481 e. The fourth-order valence-electron chi connectivity index (χ4n) is 0.978. The van der Waals surface area contributed by atoms with E-state index >= 15 is 0 Å². The molecule has 0 aromatic heterocycles. The van der Waals surface area contributed by atoms with Gasteiger partial charge in [-0.25, -0.2) is 0 Å². The highest BCUT2D eigenvalue weighted by molar-refractivity contribution is 5.67. The Morgan fingerprint density at radius 3 is 2.69 bits per heavy atom. The third kappa shape index (κ3) is 9.08. The lowest BCUT2D eigenvalue weighted by molar-refractivity contribution is -0.139. The molecular weight excluding hydrogens is 168 g/mol. The van der Waals surface area contributed by atoms with Crippen molar-refractivity contribution in [2.75, 3.05) is 0 Å². The van der Waals surface area contributed by atoms with Crippen molar-refractivity contribution in [2.45, 2.75) is 45.1 Å². The monoisotopic (exact) mass is 186 g/mol. The lowest BCUT2D eigenvalue weighted by Crippen LogP contribution is -2.11. The molecule has 0 aromatic rings. The molecule has 0 aliphatic heterocycles. The summed E-state index contributed by atoms with van der Waals surface area (Å²) in [6.07, 6.45) is 6.69. The fourth-order valence-corrected chi connectivity index (χ4v) is 0.978. The molecule has 0 aromatic carbocycles. The number of aliphatic hydroxyl groups is 1. The van der Waals surface area contributed by atoms with Gasteiger partial charge in [-0.3, -0.25) is 4.79 Å². The van der Waals surface area contributed by atoms with Crippen LogP contribution in [0.1, 0.15) is 39.0 Å². The smallest absolute Gasteiger partial charge is 0.305 e. The van der Waals surface area contributed by atoms with Gasteiger partial charge in [0.1, 0.15) is 0 Å². The summed E-state index contributed by atoms with van der Waals surface area (Å²) in [7, 11) is 0. The number of aliphatic carboxylic acids is 1. The van der Waals surface area contributed by atoms with Gasteiger partial charge in [0.2, 0.25) is 0 Å². The maximum atomic E-state index is 10.2. The van der Waals surface area contributed by atoms with E-state index in [0.717, 1.165) is 19.3 Å². The van der Waals surface area contributed by atoms with Crippen molar-refractivity contribution in [3.8, 4) is 0 Å². The Kier molecular flexibility index (Phi) is 7.30. The van der Waals surface area contributed by atoms with Crippen molar-refractivity contribution in [1.82, 2.24) is 0 Å². The van der Waals surface area contributed by atoms with Gasteiger partial charge in [0.05, 0.1) is 12.5 Å². The number of carboxylic acids is 1. The van der Waals surface area contributed by atoms with Crippen molar-refractivity contribution in [3.63, 3.8) is 0 Å². The fraction of sp³-hybridized carbons (Fsp3) is 0.700. The molecule has 0 radical (unpaired) electrons. The third-order valence-corrected chi connectivity index (χ3v) is 1.71. The molecule has 1 unspecified atom stereocenters. The first-order valence-corrected chi connectivity index (χ1v) is 4.71. The van der Waals surface area contributed by atoms with Crippen LogP contribution in [0.2, 0.25) is 0 Å². The van der Waals surface area contributed by atoms with Gasteiger partial charge in [-0.2, -0.15) is 0 Å². The first-order valence-electron chi connectivity index (χ1n) is 4.71. The van der Waals surface area contributed by atoms with Gasteiger partial charge in [0.15, 0.2) is 0 Å². The molecule has 3 nitrogen and oxygen atoms in total. The first kappa shape index (κ1) is 12.2. The molecule has 13 heavy (non-hydrogen) atoms. The Morgan fingerprint density at radius 1 is 1.46 bits per heavy atom. The predicted octanol–water partition coefficient (Wildman–Crippen LogP) is 1.96. The van der Waals surface area contributed by atoms with E-state index in [0.29, 0.717) is 6.42 Å². The van der Waals surface area contributed by atoms with Crippen molar-refractivity contribution in [3.05, 3.63) is 12.2 Å². The number of hydrogen-bond acceptors (Lipinski definition) is 2. The Hall–Kier alpha value is -0.830. The highest BCUT2D eigenvalue weighted by Gasteiger charge is 2.06. The van der Waals surface area contributed by atoms with E-state index in [1.165, 1.54) is 0 Å². The molecule has 1 atom stereocenters. The summed E-state index contributed by atoms with van der Waals surface area (Å²) in [5, 5.41) is 17.5. The maximum absolute atomic E-state index is 10.2. The molecular formula is C10H18O3. The normalized spacial score (nSPS) is 13.4. The zero-order valence-electron chi connectivity index (χ0n) is 8.07. The van der Waals surface area contributed by atoms with E-state index in [9.17, 15) is 4.79 Å². The van der Waals surface area contributed by atoms with Crippen LogP contribution in [0, 0.1) is 0 Å². The van der Waals surface area contributed by atoms with Crippen LogP contribution < -0.4 is 0 Å². The lowest BCUT2D eigenvalue weighted by atomic mass is 10.1. The molecule has 0 saturated heterocycles. The molecule has 3 heteroatoms. The molecule has 0 amide bonds. The number of carboxylic acid groups (broad SMARTS) is 1. The van der Waals surface area contributed by atoms with Gasteiger partial charge in [-0.15, -0.1) is 0 Å². The van der Waals surface area contributed by atoms with Crippen molar-refractivity contribution < 1.29 is 15.0 Å². The second-order valence-corrected chi connectivity index (χ2v) is 3.10. The van der Waals surface area contributed by atoms with Crippen LogP contribution in [-0.2, 0) is 4.79 Å². The van der Waals surface area contributed by atoms with Gasteiger partial charge in [-0.1, -0.05) is 31.9 Å². The van der Waals surface area contributed by atoms with Gasteiger partial charge >= 0.3 is 5.97 Å². The summed E-state index contributed by atoms with van der Waals surface area (Å²) >= 11 is 0. The van der Waals surface area contributed by atoms with Crippen LogP contribution in [0.5, 0.6) is 0 Å². The molecule has 0 spiro atoms. The molecule has 76 valence electrons. The predicted molar refractivity (Wildman–Crippen MR) is 51.5 cm³/mol. The zero-order valence-corrected chi connectivity index (χ0v) is 8.07. The Balaban J connectivity index is 3.39. The van der Waals surface area contributed by atoms with Crippen LogP contribution in [0.4, 0.5) is 0 Å². The number of rotatable bonds is 7. The second kappa shape index (κ2) is 7.80. The molecule has 0 aliphatic carbocycles. The maximum Gasteiger partial charge on any atom is 0.305 e. The molecule has 0 saturated carbocycles. The first-order chi connectivity index (χ1) is 6.16. The summed E-state index contributed by atoms with van der Waals surface area (Å²) in [6, 6.07) is 0. The molecule has 2 N–H and O–H groups in total. The van der Waals surface area contributed by atoms with Crippen LogP contribution in [0.3, 0.4) is 0 Å². The van der Waals surface area contributed by atoms with Gasteiger partial charge in [0.25, 0.3) is 0 Å². The van der Waals surface area contributed by atoms with Crippen LogP contribution >= 0.6 is 0 Å². The van der Waals surface area contributed by atoms with Crippen LogP contribution in [0.15, 0.2) is 12.2 Å². The molecule has 0 fully saturated rings. The highest BCUT2D eigenvalue weighted by atomic mass is 16.4. The summed E-state index contributed by atoms with van der Waals surface area (Å²) in [5.41, 5.74) is 0. The quantitative estimate of drug-likeness (QED) is 0.472. The van der Waals surface area contributed by atoms with Crippen molar-refractivity contribution in [1.29, 1.82) is 0 Å². The number of allylic oxidation sites excluding steroid dienone is 1. The minimum absolute atomic E-state index is 0.169. The minimum atomic E-state index is -0.950. The van der Waals surface area contributed by atoms with Gasteiger partial charge in [-0.05, 0) is 12.8 Å². The summed E-state index contributed by atoms with van der Waals surface area (Å²) in [5.74, 6) is -0.950.